The normalized spacial score (nSPS) is 11.7. The summed E-state index contributed by atoms with van der Waals surface area (Å²) in [4.78, 5) is 20.6. The molecule has 0 spiro atoms. The van der Waals surface area contributed by atoms with Crippen LogP contribution in [-0.2, 0) is 24.8 Å². The number of sulfonamides is 2. The first-order valence-electron chi connectivity index (χ1n) is 9.92. The van der Waals surface area contributed by atoms with Gasteiger partial charge in [-0.1, -0.05) is 23.2 Å². The van der Waals surface area contributed by atoms with E-state index in [1.165, 1.54) is 42.5 Å². The fourth-order valence-corrected chi connectivity index (χ4v) is 5.38. The lowest BCUT2D eigenvalue weighted by Gasteiger charge is -2.22. The number of hydrogen-bond acceptors (Lipinski definition) is 7. The maximum absolute atomic E-state index is 12.7. The first-order valence-corrected chi connectivity index (χ1v) is 14.0. The average Bonchev–Trinajstić information content (AvgIpc) is 2.69. The highest BCUT2D eigenvalue weighted by atomic mass is 35.5. The Bertz CT molecular complexity index is 1440. The standard InChI is InChI=1S/C21H21Cl2N5O5S2/c1-13-8-14(2)25-21(24-13)27-35(32,33)19-6-4-17(5-7-19)26-20(29)12-28(34(3,30)31)18-10-15(22)9-16(23)11-18/h4-11H,12H2,1-3H3,(H,26,29)(H,24,25,27). The van der Waals surface area contributed by atoms with Crippen molar-refractivity contribution in [1.29, 1.82) is 0 Å². The van der Waals surface area contributed by atoms with Gasteiger partial charge in [0.1, 0.15) is 6.54 Å². The van der Waals surface area contributed by atoms with Crippen LogP contribution < -0.4 is 14.3 Å². The SMILES string of the molecule is Cc1cc(C)nc(NS(=O)(=O)c2ccc(NC(=O)CN(c3cc(Cl)cc(Cl)c3)S(C)(=O)=O)cc2)n1. The van der Waals surface area contributed by atoms with Gasteiger partial charge in [-0.3, -0.25) is 9.10 Å². The maximum Gasteiger partial charge on any atom is 0.264 e. The van der Waals surface area contributed by atoms with Gasteiger partial charge >= 0.3 is 0 Å². The minimum Gasteiger partial charge on any atom is -0.325 e. The Labute approximate surface area is 213 Å². The van der Waals surface area contributed by atoms with Gasteiger partial charge in [-0.05, 0) is 62.4 Å². The zero-order chi connectivity index (χ0) is 26.0. The van der Waals surface area contributed by atoms with Gasteiger partial charge in [0.25, 0.3) is 10.0 Å². The number of nitrogens with one attached hydrogen (secondary N) is 2. The van der Waals surface area contributed by atoms with Crippen LogP contribution in [0.25, 0.3) is 0 Å². The van der Waals surface area contributed by atoms with Gasteiger partial charge in [0, 0.05) is 27.1 Å². The predicted molar refractivity (Wildman–Crippen MR) is 136 cm³/mol. The smallest absolute Gasteiger partial charge is 0.264 e. The van der Waals surface area contributed by atoms with Gasteiger partial charge in [0.2, 0.25) is 21.9 Å². The van der Waals surface area contributed by atoms with E-state index < -0.39 is 32.5 Å². The van der Waals surface area contributed by atoms with E-state index in [0.29, 0.717) is 11.4 Å². The third-order valence-corrected chi connectivity index (χ3v) is 7.40. The van der Waals surface area contributed by atoms with Crippen molar-refractivity contribution < 1.29 is 21.6 Å². The van der Waals surface area contributed by atoms with Crippen molar-refractivity contribution >= 4 is 66.5 Å². The number of amides is 1. The molecule has 1 amide bonds. The van der Waals surface area contributed by atoms with E-state index >= 15 is 0 Å². The van der Waals surface area contributed by atoms with E-state index in [2.05, 4.69) is 20.0 Å². The molecule has 0 radical (unpaired) electrons. The van der Waals surface area contributed by atoms with Crippen LogP contribution in [0.5, 0.6) is 0 Å². The molecule has 0 saturated carbocycles. The summed E-state index contributed by atoms with van der Waals surface area (Å²) in [5, 5.41) is 2.95. The van der Waals surface area contributed by atoms with Crippen LogP contribution >= 0.6 is 23.2 Å². The van der Waals surface area contributed by atoms with Crippen molar-refractivity contribution in [2.24, 2.45) is 0 Å². The van der Waals surface area contributed by atoms with Crippen molar-refractivity contribution in [2.45, 2.75) is 18.7 Å². The third-order valence-electron chi connectivity index (χ3n) is 4.48. The molecule has 0 aliphatic rings. The molecular formula is C21H21Cl2N5O5S2. The molecule has 35 heavy (non-hydrogen) atoms. The van der Waals surface area contributed by atoms with Crippen LogP contribution in [0.15, 0.2) is 53.4 Å². The van der Waals surface area contributed by atoms with Crippen LogP contribution in [0.3, 0.4) is 0 Å². The molecule has 0 saturated heterocycles. The highest BCUT2D eigenvalue weighted by Gasteiger charge is 2.22. The number of benzene rings is 2. The summed E-state index contributed by atoms with van der Waals surface area (Å²) in [6, 6.07) is 11.2. The predicted octanol–water partition coefficient (Wildman–Crippen LogP) is 3.61. The van der Waals surface area contributed by atoms with Crippen LogP contribution in [0.1, 0.15) is 11.4 Å². The number of nitrogens with zero attached hydrogens (tertiary/aromatic N) is 3. The Morgan fingerprint density at radius 3 is 1.97 bits per heavy atom. The molecule has 0 aliphatic carbocycles. The van der Waals surface area contributed by atoms with Crippen LogP contribution in [-0.4, -0.2) is 45.5 Å². The molecule has 14 heteroatoms. The largest absolute Gasteiger partial charge is 0.325 e. The average molecular weight is 558 g/mol. The monoisotopic (exact) mass is 557 g/mol. The lowest BCUT2D eigenvalue weighted by atomic mass is 10.3. The van der Waals surface area contributed by atoms with Gasteiger partial charge in [0.15, 0.2) is 0 Å². The van der Waals surface area contributed by atoms with Crippen LogP contribution in [0, 0.1) is 13.8 Å². The number of hydrogen-bond donors (Lipinski definition) is 2. The number of carbonyl (C=O) groups is 1. The molecule has 3 aromatic rings. The molecule has 0 unspecified atom stereocenters. The number of aromatic nitrogens is 2. The van der Waals surface area contributed by atoms with E-state index in [1.807, 2.05) is 0 Å². The molecule has 3 rings (SSSR count). The highest BCUT2D eigenvalue weighted by Crippen LogP contribution is 2.27. The first-order chi connectivity index (χ1) is 16.2. The zero-order valence-corrected chi connectivity index (χ0v) is 21.9. The summed E-state index contributed by atoms with van der Waals surface area (Å²) in [7, 11) is -7.82. The third kappa shape index (κ3) is 7.28. The molecule has 2 aromatic carbocycles. The summed E-state index contributed by atoms with van der Waals surface area (Å²) in [6.07, 6.45) is 0.946. The second-order valence-corrected chi connectivity index (χ2v) is 12.0. The van der Waals surface area contributed by atoms with E-state index in [9.17, 15) is 21.6 Å². The van der Waals surface area contributed by atoms with Crippen molar-refractivity contribution in [2.75, 3.05) is 27.1 Å². The van der Waals surface area contributed by atoms with Gasteiger partial charge < -0.3 is 5.32 Å². The Hall–Kier alpha value is -2.93. The number of anilines is 3. The molecule has 0 bridgehead atoms. The molecular weight excluding hydrogens is 537 g/mol. The Morgan fingerprint density at radius 2 is 1.46 bits per heavy atom. The molecule has 2 N–H and O–H groups in total. The molecule has 0 aliphatic heterocycles. The Morgan fingerprint density at radius 1 is 0.914 bits per heavy atom. The second kappa shape index (κ2) is 10.4. The van der Waals surface area contributed by atoms with E-state index in [1.54, 1.807) is 19.9 Å². The van der Waals surface area contributed by atoms with Gasteiger partial charge in [0.05, 0.1) is 16.8 Å². The number of aryl methyl sites for hydroxylation is 2. The van der Waals surface area contributed by atoms with Crippen molar-refractivity contribution in [3.05, 3.63) is 70.0 Å². The number of carbonyl (C=O) groups excluding carboxylic acids is 1. The highest BCUT2D eigenvalue weighted by molar-refractivity contribution is 7.92. The minimum absolute atomic E-state index is 0.0538. The van der Waals surface area contributed by atoms with Crippen molar-refractivity contribution in [3.63, 3.8) is 0 Å². The Kier molecular flexibility index (Phi) is 7.90. The van der Waals surface area contributed by atoms with Gasteiger partial charge in [-0.15, -0.1) is 0 Å². The quantitative estimate of drug-likeness (QED) is 0.431. The number of rotatable bonds is 8. The molecule has 0 atom stereocenters. The fourth-order valence-electron chi connectivity index (χ4n) is 3.08. The van der Waals surface area contributed by atoms with E-state index in [0.717, 1.165) is 10.6 Å². The molecule has 0 fully saturated rings. The molecule has 1 aromatic heterocycles. The lowest BCUT2D eigenvalue weighted by molar-refractivity contribution is -0.114. The van der Waals surface area contributed by atoms with Crippen molar-refractivity contribution in [1.82, 2.24) is 9.97 Å². The Balaban J connectivity index is 1.74. The maximum atomic E-state index is 12.7. The molecule has 10 nitrogen and oxygen atoms in total. The summed E-state index contributed by atoms with van der Waals surface area (Å²) in [5.74, 6) is -0.717. The van der Waals surface area contributed by atoms with Crippen LogP contribution in [0.2, 0.25) is 10.0 Å². The minimum atomic E-state index is -3.97. The lowest BCUT2D eigenvalue weighted by Crippen LogP contribution is -2.37. The van der Waals surface area contributed by atoms with E-state index in [-0.39, 0.29) is 32.3 Å². The summed E-state index contributed by atoms with van der Waals surface area (Å²) in [5.41, 5.74) is 1.60. The first kappa shape index (κ1) is 26.7. The van der Waals surface area contributed by atoms with Gasteiger partial charge in [-0.25, -0.2) is 31.5 Å². The molecule has 1 heterocycles. The summed E-state index contributed by atoms with van der Waals surface area (Å²) >= 11 is 11.9. The fraction of sp³-hybridized carbons (Fsp3) is 0.190. The van der Waals surface area contributed by atoms with Crippen molar-refractivity contribution in [3.8, 4) is 0 Å². The van der Waals surface area contributed by atoms with Crippen LogP contribution in [0.4, 0.5) is 17.3 Å². The summed E-state index contributed by atoms with van der Waals surface area (Å²) < 4.78 is 53.0. The van der Waals surface area contributed by atoms with Gasteiger partial charge in [-0.2, -0.15) is 0 Å². The topological polar surface area (TPSA) is 138 Å². The summed E-state index contributed by atoms with van der Waals surface area (Å²) in [6.45, 7) is 2.88. The van der Waals surface area contributed by atoms with E-state index in [4.69, 9.17) is 23.2 Å². The second-order valence-electron chi connectivity index (χ2n) is 7.55. The number of halogens is 2. The zero-order valence-electron chi connectivity index (χ0n) is 18.8. The molecule has 186 valence electrons.